The van der Waals surface area contributed by atoms with Gasteiger partial charge in [-0.25, -0.2) is 8.42 Å². The van der Waals surface area contributed by atoms with Crippen molar-refractivity contribution in [2.45, 2.75) is 25.2 Å². The van der Waals surface area contributed by atoms with Crippen molar-refractivity contribution in [3.63, 3.8) is 0 Å². The second-order valence-electron chi connectivity index (χ2n) is 6.34. The lowest BCUT2D eigenvalue weighted by Gasteiger charge is -2.18. The van der Waals surface area contributed by atoms with Crippen molar-refractivity contribution < 1.29 is 22.7 Å². The molecule has 7 nitrogen and oxygen atoms in total. The average Bonchev–Trinajstić information content (AvgIpc) is 2.74. The molecule has 0 heterocycles. The van der Waals surface area contributed by atoms with E-state index < -0.39 is 10.0 Å². The summed E-state index contributed by atoms with van der Waals surface area (Å²) in [5.74, 6) is 0.849. The minimum absolute atomic E-state index is 0.233. The molecule has 0 unspecified atom stereocenters. The Hall–Kier alpha value is -2.58. The first-order chi connectivity index (χ1) is 13.8. The van der Waals surface area contributed by atoms with E-state index in [-0.39, 0.29) is 10.8 Å². The van der Waals surface area contributed by atoms with Crippen LogP contribution in [0.15, 0.2) is 47.4 Å². The zero-order chi connectivity index (χ0) is 21.4. The highest BCUT2D eigenvalue weighted by atomic mass is 32.2. The summed E-state index contributed by atoms with van der Waals surface area (Å²) >= 11 is 0. The highest BCUT2D eigenvalue weighted by Gasteiger charge is 2.21. The van der Waals surface area contributed by atoms with Crippen molar-refractivity contribution in [3.8, 4) is 11.5 Å². The van der Waals surface area contributed by atoms with Gasteiger partial charge in [-0.2, -0.15) is 4.31 Å². The largest absolute Gasteiger partial charge is 0.497 e. The highest BCUT2D eigenvalue weighted by Crippen LogP contribution is 2.22. The second kappa shape index (κ2) is 10.3. The van der Waals surface area contributed by atoms with Crippen LogP contribution in [0.1, 0.15) is 29.8 Å². The van der Waals surface area contributed by atoms with Crippen LogP contribution >= 0.6 is 0 Å². The van der Waals surface area contributed by atoms with E-state index in [1.807, 2.05) is 13.8 Å². The zero-order valence-corrected chi connectivity index (χ0v) is 18.1. The molecule has 0 aliphatic heterocycles. The number of sulfonamides is 1. The van der Waals surface area contributed by atoms with Crippen LogP contribution < -0.4 is 14.8 Å². The number of methoxy groups -OCH3 is 2. The van der Waals surface area contributed by atoms with Gasteiger partial charge >= 0.3 is 0 Å². The first kappa shape index (κ1) is 22.7. The summed E-state index contributed by atoms with van der Waals surface area (Å²) in [5, 5.41) is 2.85. The lowest BCUT2D eigenvalue weighted by atomic mass is 10.1. The van der Waals surface area contributed by atoms with E-state index in [9.17, 15) is 13.2 Å². The Kier molecular flexibility index (Phi) is 8.04. The number of nitrogens with one attached hydrogen (secondary N) is 1. The minimum atomic E-state index is -3.46. The molecule has 0 saturated carbocycles. The Morgan fingerprint density at radius 3 is 2.00 bits per heavy atom. The molecule has 158 valence electrons. The molecule has 0 aliphatic rings. The van der Waals surface area contributed by atoms with Crippen LogP contribution in [0.5, 0.6) is 11.5 Å². The van der Waals surface area contributed by atoms with Gasteiger partial charge in [-0.1, -0.05) is 26.0 Å². The van der Waals surface area contributed by atoms with Crippen molar-refractivity contribution in [1.29, 1.82) is 0 Å². The smallest absolute Gasteiger partial charge is 0.251 e. The fourth-order valence-corrected chi connectivity index (χ4v) is 4.36. The molecule has 0 saturated heterocycles. The average molecular weight is 421 g/mol. The van der Waals surface area contributed by atoms with Crippen LogP contribution in [0.25, 0.3) is 0 Å². The molecule has 2 aromatic carbocycles. The summed E-state index contributed by atoms with van der Waals surface area (Å²) in [5.41, 5.74) is 1.38. The number of carbonyl (C=O) groups is 1. The van der Waals surface area contributed by atoms with Crippen molar-refractivity contribution in [2.24, 2.45) is 0 Å². The first-order valence-corrected chi connectivity index (χ1v) is 10.9. The predicted molar refractivity (Wildman–Crippen MR) is 112 cm³/mol. The van der Waals surface area contributed by atoms with Crippen LogP contribution in [0, 0.1) is 0 Å². The maximum atomic E-state index is 12.5. The molecule has 0 bridgehead atoms. The molecular weight excluding hydrogens is 392 g/mol. The number of rotatable bonds is 10. The number of nitrogens with zero attached hydrogens (tertiary/aromatic N) is 1. The maximum absolute atomic E-state index is 12.5. The molecule has 0 aromatic heterocycles. The van der Waals surface area contributed by atoms with Gasteiger partial charge in [-0.05, 0) is 36.2 Å². The minimum Gasteiger partial charge on any atom is -0.497 e. The normalized spacial score (nSPS) is 11.3. The quantitative estimate of drug-likeness (QED) is 0.639. The topological polar surface area (TPSA) is 84.9 Å². The van der Waals surface area contributed by atoms with Gasteiger partial charge in [0.1, 0.15) is 11.5 Å². The first-order valence-electron chi connectivity index (χ1n) is 9.46. The number of carbonyl (C=O) groups excluding carboxylic acids is 1. The van der Waals surface area contributed by atoms with Crippen LogP contribution in [0.4, 0.5) is 0 Å². The second-order valence-corrected chi connectivity index (χ2v) is 8.28. The summed E-state index contributed by atoms with van der Waals surface area (Å²) in [7, 11) is -0.405. The molecule has 2 rings (SSSR count). The fraction of sp³-hybridized carbons (Fsp3) is 0.381. The Morgan fingerprint density at radius 1 is 0.966 bits per heavy atom. The number of hydrogen-bond acceptors (Lipinski definition) is 5. The van der Waals surface area contributed by atoms with Crippen LogP contribution in [0.2, 0.25) is 0 Å². The van der Waals surface area contributed by atoms with Crippen molar-refractivity contribution in [3.05, 3.63) is 53.6 Å². The molecule has 1 N–H and O–H groups in total. The monoisotopic (exact) mass is 420 g/mol. The van der Waals surface area contributed by atoms with Gasteiger partial charge in [-0.3, -0.25) is 4.79 Å². The number of hydrogen-bond donors (Lipinski definition) is 1. The van der Waals surface area contributed by atoms with Crippen molar-refractivity contribution >= 4 is 15.9 Å². The van der Waals surface area contributed by atoms with E-state index in [0.717, 1.165) is 5.56 Å². The van der Waals surface area contributed by atoms with E-state index in [4.69, 9.17) is 9.47 Å². The summed E-state index contributed by atoms with van der Waals surface area (Å²) in [6, 6.07) is 11.8. The SMILES string of the molecule is CCN(CC)S(=O)(=O)c1ccc(CCNC(=O)c2cc(OC)cc(OC)c2)cc1. The third kappa shape index (κ3) is 5.71. The Labute approximate surface area is 172 Å². The van der Waals surface area contributed by atoms with Crippen LogP contribution in [-0.4, -0.2) is 52.5 Å². The Balaban J connectivity index is 1.98. The van der Waals surface area contributed by atoms with Gasteiger partial charge in [0, 0.05) is 31.3 Å². The summed E-state index contributed by atoms with van der Waals surface area (Å²) in [6.07, 6.45) is 0.582. The Bertz CT molecular complexity index is 900. The third-order valence-corrected chi connectivity index (χ3v) is 6.64. The van der Waals surface area contributed by atoms with E-state index in [1.54, 1.807) is 42.5 Å². The summed E-state index contributed by atoms with van der Waals surface area (Å²) in [6.45, 7) is 4.91. The van der Waals surface area contributed by atoms with E-state index >= 15 is 0 Å². The molecule has 1 amide bonds. The molecule has 8 heteroatoms. The van der Waals surface area contributed by atoms with Gasteiger partial charge in [-0.15, -0.1) is 0 Å². The molecule has 29 heavy (non-hydrogen) atoms. The maximum Gasteiger partial charge on any atom is 0.251 e. The molecule has 0 aliphatic carbocycles. The zero-order valence-electron chi connectivity index (χ0n) is 17.3. The molecule has 0 fully saturated rings. The van der Waals surface area contributed by atoms with Gasteiger partial charge in [0.25, 0.3) is 5.91 Å². The standard InChI is InChI=1S/C21H28N2O5S/c1-5-23(6-2)29(25,26)20-9-7-16(8-10-20)11-12-22-21(24)17-13-18(27-3)15-19(14-17)28-4/h7-10,13-15H,5-6,11-12H2,1-4H3,(H,22,24). The van der Waals surface area contributed by atoms with Gasteiger partial charge in [0.15, 0.2) is 0 Å². The number of ether oxygens (including phenoxy) is 2. The van der Waals surface area contributed by atoms with Crippen molar-refractivity contribution in [2.75, 3.05) is 33.9 Å². The lowest BCUT2D eigenvalue weighted by Crippen LogP contribution is -2.30. The van der Waals surface area contributed by atoms with Crippen molar-refractivity contribution in [1.82, 2.24) is 9.62 Å². The molecule has 0 atom stereocenters. The summed E-state index contributed by atoms with van der Waals surface area (Å²) in [4.78, 5) is 12.7. The summed E-state index contributed by atoms with van der Waals surface area (Å²) < 4.78 is 36.8. The van der Waals surface area contributed by atoms with Gasteiger partial charge < -0.3 is 14.8 Å². The van der Waals surface area contributed by atoms with E-state index in [2.05, 4.69) is 5.32 Å². The van der Waals surface area contributed by atoms with Gasteiger partial charge in [0.05, 0.1) is 19.1 Å². The molecular formula is C21H28N2O5S. The molecule has 2 aromatic rings. The van der Waals surface area contributed by atoms with E-state index in [0.29, 0.717) is 43.1 Å². The van der Waals surface area contributed by atoms with Gasteiger partial charge in [0.2, 0.25) is 10.0 Å². The molecule has 0 radical (unpaired) electrons. The fourth-order valence-electron chi connectivity index (χ4n) is 2.90. The third-order valence-electron chi connectivity index (χ3n) is 4.58. The van der Waals surface area contributed by atoms with Crippen LogP contribution in [-0.2, 0) is 16.4 Å². The van der Waals surface area contributed by atoms with E-state index in [1.165, 1.54) is 18.5 Å². The predicted octanol–water partition coefficient (Wildman–Crippen LogP) is 2.71. The number of amides is 1. The highest BCUT2D eigenvalue weighted by molar-refractivity contribution is 7.89. The van der Waals surface area contributed by atoms with Crippen LogP contribution in [0.3, 0.4) is 0 Å². The number of benzene rings is 2. The Morgan fingerprint density at radius 2 is 1.52 bits per heavy atom. The molecule has 0 spiro atoms. The lowest BCUT2D eigenvalue weighted by molar-refractivity contribution is 0.0953.